The molecule has 1 saturated carbocycles. The summed E-state index contributed by atoms with van der Waals surface area (Å²) in [6, 6.07) is 5.07. The van der Waals surface area contributed by atoms with Gasteiger partial charge in [-0.15, -0.1) is 0 Å². The lowest BCUT2D eigenvalue weighted by Gasteiger charge is -2.09. The number of fused-ring (bicyclic) bond motifs is 2. The molecule has 1 aromatic carbocycles. The number of rotatable bonds is 3. The average Bonchev–Trinajstić information content (AvgIpc) is 3.02. The molecule has 5 rings (SSSR count). The Labute approximate surface area is 152 Å². The maximum Gasteiger partial charge on any atom is 0.231 e. The van der Waals surface area contributed by atoms with Gasteiger partial charge in [0.1, 0.15) is 17.6 Å². The number of aromatic amines is 1. The maximum atomic E-state index is 14.3. The predicted molar refractivity (Wildman–Crippen MR) is 96.6 cm³/mol. The van der Waals surface area contributed by atoms with Crippen LogP contribution in [0.2, 0.25) is 0 Å². The standard InChI is InChI=1S/C19H15F2N5O/c1-9-13(20)5-15-12(6-22-25-15)18(9)10-2-3-17-23-16(8-26(17)7-10)24-19(27)11-4-14(11)21/h2-3,5-8,11,14H,4H2,1H3,(H,22,25)(H,24,27)/t11-,14+/m1/s1. The van der Waals surface area contributed by atoms with Gasteiger partial charge in [0.15, 0.2) is 5.82 Å². The third-order valence-corrected chi connectivity index (χ3v) is 4.98. The number of aromatic nitrogens is 4. The Hall–Kier alpha value is -3.29. The van der Waals surface area contributed by atoms with E-state index in [1.54, 1.807) is 29.8 Å². The topological polar surface area (TPSA) is 75.1 Å². The molecule has 0 radical (unpaired) electrons. The van der Waals surface area contributed by atoms with Crippen LogP contribution in [0.3, 0.4) is 0 Å². The van der Waals surface area contributed by atoms with Crippen LogP contribution in [0, 0.1) is 18.7 Å². The van der Waals surface area contributed by atoms with Gasteiger partial charge in [-0.2, -0.15) is 5.10 Å². The van der Waals surface area contributed by atoms with Crippen molar-refractivity contribution in [2.24, 2.45) is 5.92 Å². The average molecular weight is 367 g/mol. The van der Waals surface area contributed by atoms with Crippen molar-refractivity contribution in [1.29, 1.82) is 0 Å². The van der Waals surface area contributed by atoms with Crippen LogP contribution in [0.5, 0.6) is 0 Å². The van der Waals surface area contributed by atoms with Gasteiger partial charge < -0.3 is 9.72 Å². The third-order valence-electron chi connectivity index (χ3n) is 4.98. The van der Waals surface area contributed by atoms with Gasteiger partial charge in [0.2, 0.25) is 5.91 Å². The van der Waals surface area contributed by atoms with Crippen molar-refractivity contribution in [3.8, 4) is 11.1 Å². The first kappa shape index (κ1) is 15.9. The van der Waals surface area contributed by atoms with Crippen LogP contribution in [0.25, 0.3) is 27.7 Å². The van der Waals surface area contributed by atoms with Crippen LogP contribution in [0.4, 0.5) is 14.6 Å². The van der Waals surface area contributed by atoms with E-state index in [0.29, 0.717) is 22.5 Å². The van der Waals surface area contributed by atoms with E-state index >= 15 is 0 Å². The van der Waals surface area contributed by atoms with Gasteiger partial charge in [-0.1, -0.05) is 0 Å². The van der Waals surface area contributed by atoms with Crippen molar-refractivity contribution < 1.29 is 13.6 Å². The normalized spacial score (nSPS) is 18.9. The zero-order chi connectivity index (χ0) is 18.7. The molecule has 1 aliphatic carbocycles. The predicted octanol–water partition coefficient (Wildman–Crippen LogP) is 3.62. The molecule has 136 valence electrons. The van der Waals surface area contributed by atoms with E-state index in [9.17, 15) is 13.6 Å². The number of imidazole rings is 1. The fourth-order valence-electron chi connectivity index (χ4n) is 3.39. The smallest absolute Gasteiger partial charge is 0.231 e. The van der Waals surface area contributed by atoms with E-state index in [1.807, 2.05) is 12.3 Å². The fourth-order valence-corrected chi connectivity index (χ4v) is 3.39. The van der Waals surface area contributed by atoms with Gasteiger partial charge in [-0.3, -0.25) is 9.89 Å². The first-order valence-electron chi connectivity index (χ1n) is 8.57. The Morgan fingerprint density at radius 2 is 2.19 bits per heavy atom. The van der Waals surface area contributed by atoms with E-state index in [4.69, 9.17) is 0 Å². The number of nitrogens with one attached hydrogen (secondary N) is 2. The number of carbonyl (C=O) groups excluding carboxylic acids is 1. The molecule has 0 aliphatic heterocycles. The number of alkyl halides is 1. The van der Waals surface area contributed by atoms with Gasteiger partial charge in [0.05, 0.1) is 23.8 Å². The van der Waals surface area contributed by atoms with E-state index < -0.39 is 12.1 Å². The molecule has 0 bridgehead atoms. The van der Waals surface area contributed by atoms with Crippen LogP contribution < -0.4 is 5.32 Å². The number of amides is 1. The lowest BCUT2D eigenvalue weighted by molar-refractivity contribution is -0.117. The van der Waals surface area contributed by atoms with Crippen LogP contribution >= 0.6 is 0 Å². The minimum absolute atomic E-state index is 0.267. The lowest BCUT2D eigenvalue weighted by atomic mass is 9.98. The second-order valence-corrected chi connectivity index (χ2v) is 6.85. The van der Waals surface area contributed by atoms with Gasteiger partial charge >= 0.3 is 0 Å². The molecule has 0 saturated heterocycles. The number of H-pyrrole nitrogens is 1. The number of carbonyl (C=O) groups is 1. The fraction of sp³-hybridized carbons (Fsp3) is 0.211. The van der Waals surface area contributed by atoms with Crippen molar-refractivity contribution >= 4 is 28.3 Å². The molecule has 1 amide bonds. The summed E-state index contributed by atoms with van der Waals surface area (Å²) in [5.41, 5.74) is 3.32. The van der Waals surface area contributed by atoms with Crippen molar-refractivity contribution in [2.45, 2.75) is 19.5 Å². The van der Waals surface area contributed by atoms with Crippen molar-refractivity contribution in [1.82, 2.24) is 19.6 Å². The first-order valence-corrected chi connectivity index (χ1v) is 8.57. The van der Waals surface area contributed by atoms with Crippen LogP contribution in [0.15, 0.2) is 36.8 Å². The van der Waals surface area contributed by atoms with Crippen LogP contribution in [-0.2, 0) is 4.79 Å². The summed E-state index contributed by atoms with van der Waals surface area (Å²) in [7, 11) is 0. The largest absolute Gasteiger partial charge is 0.309 e. The van der Waals surface area contributed by atoms with E-state index in [0.717, 1.165) is 16.5 Å². The molecule has 3 aromatic heterocycles. The van der Waals surface area contributed by atoms with Gasteiger partial charge in [0.25, 0.3) is 0 Å². The molecule has 8 heteroatoms. The summed E-state index contributed by atoms with van der Waals surface area (Å²) in [5.74, 6) is -0.881. The third kappa shape index (κ3) is 2.56. The molecule has 27 heavy (non-hydrogen) atoms. The summed E-state index contributed by atoms with van der Waals surface area (Å²) >= 11 is 0. The summed E-state index contributed by atoms with van der Waals surface area (Å²) in [6.07, 6.45) is 4.36. The highest BCUT2D eigenvalue weighted by atomic mass is 19.1. The van der Waals surface area contributed by atoms with Crippen molar-refractivity contribution in [3.05, 3.63) is 48.2 Å². The highest BCUT2D eigenvalue weighted by Crippen LogP contribution is 2.35. The van der Waals surface area contributed by atoms with Crippen molar-refractivity contribution in [3.63, 3.8) is 0 Å². The van der Waals surface area contributed by atoms with E-state index in [2.05, 4.69) is 20.5 Å². The molecule has 1 fully saturated rings. The zero-order valence-corrected chi connectivity index (χ0v) is 14.3. The molecule has 4 aromatic rings. The number of pyridine rings is 1. The SMILES string of the molecule is Cc1c(F)cc2[nH]ncc2c1-c1ccc2nc(NC(=O)[C@@H]3C[C@@H]3F)cn2c1. The number of anilines is 1. The minimum atomic E-state index is -1.05. The second kappa shape index (κ2) is 5.60. The Bertz CT molecular complexity index is 1210. The van der Waals surface area contributed by atoms with Gasteiger partial charge in [0, 0.05) is 11.6 Å². The number of benzene rings is 1. The molecular weight excluding hydrogens is 352 g/mol. The summed E-state index contributed by atoms with van der Waals surface area (Å²) in [4.78, 5) is 16.2. The summed E-state index contributed by atoms with van der Waals surface area (Å²) in [5, 5.41) is 10.3. The zero-order valence-electron chi connectivity index (χ0n) is 14.3. The molecule has 3 heterocycles. The molecular formula is C19H15F2N5O. The Morgan fingerprint density at radius 1 is 1.37 bits per heavy atom. The number of nitrogens with zero attached hydrogens (tertiary/aromatic N) is 3. The molecule has 2 N–H and O–H groups in total. The number of hydrogen-bond donors (Lipinski definition) is 2. The highest BCUT2D eigenvalue weighted by Gasteiger charge is 2.43. The first-order chi connectivity index (χ1) is 13.0. The Balaban J connectivity index is 1.56. The summed E-state index contributed by atoms with van der Waals surface area (Å²) in [6.45, 7) is 1.73. The molecule has 2 atom stereocenters. The molecule has 0 spiro atoms. The Morgan fingerprint density at radius 3 is 2.96 bits per heavy atom. The molecule has 6 nitrogen and oxygen atoms in total. The molecule has 1 aliphatic rings. The molecule has 0 unspecified atom stereocenters. The number of halogens is 2. The van der Waals surface area contributed by atoms with Crippen LogP contribution in [0.1, 0.15) is 12.0 Å². The quantitative estimate of drug-likeness (QED) is 0.581. The monoisotopic (exact) mass is 367 g/mol. The lowest BCUT2D eigenvalue weighted by Crippen LogP contribution is -2.15. The minimum Gasteiger partial charge on any atom is -0.309 e. The van der Waals surface area contributed by atoms with Crippen molar-refractivity contribution in [2.75, 3.05) is 5.32 Å². The summed E-state index contributed by atoms with van der Waals surface area (Å²) < 4.78 is 29.1. The Kier molecular flexibility index (Phi) is 3.30. The van der Waals surface area contributed by atoms with Gasteiger partial charge in [-0.25, -0.2) is 13.8 Å². The second-order valence-electron chi connectivity index (χ2n) is 6.85. The van der Waals surface area contributed by atoms with E-state index in [1.165, 1.54) is 6.07 Å². The maximum absolute atomic E-state index is 14.3. The highest BCUT2D eigenvalue weighted by molar-refractivity contribution is 5.96. The van der Waals surface area contributed by atoms with Gasteiger partial charge in [-0.05, 0) is 48.2 Å². The van der Waals surface area contributed by atoms with E-state index in [-0.39, 0.29) is 18.1 Å². The number of hydrogen-bond acceptors (Lipinski definition) is 3. The van der Waals surface area contributed by atoms with Crippen LogP contribution in [-0.4, -0.2) is 31.7 Å².